The number of benzene rings is 7. The molecule has 3 heteroatoms. The minimum Gasteiger partial charge on any atom is -0.310 e. The van der Waals surface area contributed by atoms with E-state index in [4.69, 9.17) is 0 Å². The minimum atomic E-state index is -0.473. The maximum absolute atomic E-state index is 3.93. The largest absolute Gasteiger partial charge is 0.310 e. The summed E-state index contributed by atoms with van der Waals surface area (Å²) in [4.78, 5) is 2.44. The summed E-state index contributed by atoms with van der Waals surface area (Å²) in [6, 6.07) is 65.5. The van der Waals surface area contributed by atoms with Crippen LogP contribution >= 0.6 is 0 Å². The Morgan fingerprint density at radius 2 is 1.17 bits per heavy atom. The number of allylic oxidation sites excluding steroid dienone is 2. The van der Waals surface area contributed by atoms with Crippen molar-refractivity contribution in [2.75, 3.05) is 4.90 Å². The van der Waals surface area contributed by atoms with Crippen molar-refractivity contribution in [3.05, 3.63) is 234 Å². The topological polar surface area (TPSA) is 37.2 Å². The number of para-hydroxylation sites is 3. The summed E-state index contributed by atoms with van der Waals surface area (Å²) in [6.07, 6.45) is 8.96. The van der Waals surface area contributed by atoms with Crippen LogP contribution < -0.4 is 15.5 Å². The fraction of sp³-hybridized carbons (Fsp3) is 0.0980. The molecule has 0 saturated carbocycles. The first kappa shape index (κ1) is 31.3. The number of hydrogen-bond donors (Lipinski definition) is 2. The van der Waals surface area contributed by atoms with Gasteiger partial charge in [0.2, 0.25) is 0 Å². The molecule has 1 saturated heterocycles. The molecule has 4 aliphatic rings. The average molecular weight is 694 g/mol. The van der Waals surface area contributed by atoms with Crippen LogP contribution in [0, 0.1) is 0 Å². The summed E-state index contributed by atoms with van der Waals surface area (Å²) in [5, 5.41) is 7.71. The van der Waals surface area contributed by atoms with Crippen molar-refractivity contribution in [3.63, 3.8) is 0 Å². The van der Waals surface area contributed by atoms with Crippen LogP contribution in [0.25, 0.3) is 22.3 Å². The van der Waals surface area contributed by atoms with Gasteiger partial charge < -0.3 is 10.2 Å². The van der Waals surface area contributed by atoms with Crippen LogP contribution in [-0.4, -0.2) is 11.6 Å². The van der Waals surface area contributed by atoms with Crippen molar-refractivity contribution in [3.8, 4) is 22.3 Å². The van der Waals surface area contributed by atoms with Crippen LogP contribution in [0.3, 0.4) is 0 Å². The Balaban J connectivity index is 1.04. The van der Waals surface area contributed by atoms with E-state index in [2.05, 4.69) is 216 Å². The highest BCUT2D eigenvalue weighted by atomic mass is 15.3. The van der Waals surface area contributed by atoms with Gasteiger partial charge in [0.1, 0.15) is 0 Å². The van der Waals surface area contributed by atoms with Gasteiger partial charge in [0.15, 0.2) is 0 Å². The predicted octanol–water partition coefficient (Wildman–Crippen LogP) is 11.2. The van der Waals surface area contributed by atoms with E-state index in [-0.39, 0.29) is 11.6 Å². The van der Waals surface area contributed by atoms with Crippen molar-refractivity contribution in [1.82, 2.24) is 10.6 Å². The van der Waals surface area contributed by atoms with Gasteiger partial charge in [-0.3, -0.25) is 5.32 Å². The number of fused-ring (bicyclic) bond motifs is 10. The van der Waals surface area contributed by atoms with Crippen LogP contribution in [0.15, 0.2) is 200 Å². The van der Waals surface area contributed by atoms with Crippen LogP contribution in [0.2, 0.25) is 0 Å². The third-order valence-electron chi connectivity index (χ3n) is 12.2. The number of hydrogen-bond acceptors (Lipinski definition) is 3. The molecular formula is C51H39N3. The van der Waals surface area contributed by atoms with Gasteiger partial charge in [-0.05, 0) is 86.0 Å². The molecule has 0 bridgehead atoms. The Hall–Kier alpha value is -6.26. The highest BCUT2D eigenvalue weighted by Crippen LogP contribution is 2.63. The first-order valence-corrected chi connectivity index (χ1v) is 19.1. The van der Waals surface area contributed by atoms with E-state index >= 15 is 0 Å². The normalized spacial score (nSPS) is 19.7. The summed E-state index contributed by atoms with van der Waals surface area (Å²) in [6.45, 7) is 0.805. The third kappa shape index (κ3) is 4.56. The van der Waals surface area contributed by atoms with Crippen molar-refractivity contribution in [2.45, 2.75) is 29.6 Å². The monoisotopic (exact) mass is 693 g/mol. The summed E-state index contributed by atoms with van der Waals surface area (Å²) >= 11 is 0. The quantitative estimate of drug-likeness (QED) is 0.163. The van der Waals surface area contributed by atoms with Gasteiger partial charge in [-0.1, -0.05) is 170 Å². The molecule has 7 aromatic rings. The second-order valence-electron chi connectivity index (χ2n) is 15.0. The molecule has 54 heavy (non-hydrogen) atoms. The number of anilines is 3. The van der Waals surface area contributed by atoms with Crippen LogP contribution in [0.4, 0.5) is 17.1 Å². The first-order valence-electron chi connectivity index (χ1n) is 19.1. The van der Waals surface area contributed by atoms with E-state index < -0.39 is 5.41 Å². The molecule has 2 N–H and O–H groups in total. The predicted molar refractivity (Wildman–Crippen MR) is 221 cm³/mol. The Kier molecular flexibility index (Phi) is 7.03. The van der Waals surface area contributed by atoms with E-state index in [9.17, 15) is 0 Å². The van der Waals surface area contributed by atoms with Crippen molar-refractivity contribution in [1.29, 1.82) is 0 Å². The molecule has 2 heterocycles. The fourth-order valence-corrected chi connectivity index (χ4v) is 9.72. The SMILES string of the molecule is C1=CC2NC2(C(NCc2ccccc2)c2ccc(-c3ccc4c(c3)C3(c5ccccc5-4)c4ccccc4N(c4ccccc4)c4ccccc43)cc2)C=C1. The summed E-state index contributed by atoms with van der Waals surface area (Å²) < 4.78 is 0. The van der Waals surface area contributed by atoms with Gasteiger partial charge in [0.05, 0.1) is 34.4 Å². The second-order valence-corrected chi connectivity index (χ2v) is 15.0. The van der Waals surface area contributed by atoms with Gasteiger partial charge in [-0.2, -0.15) is 0 Å². The molecule has 3 unspecified atom stereocenters. The van der Waals surface area contributed by atoms with E-state index in [1.807, 2.05) is 0 Å². The van der Waals surface area contributed by atoms with Crippen LogP contribution in [0.1, 0.15) is 39.4 Å². The zero-order valence-electron chi connectivity index (χ0n) is 29.9. The lowest BCUT2D eigenvalue weighted by Gasteiger charge is -2.45. The second kappa shape index (κ2) is 12.1. The summed E-state index contributed by atoms with van der Waals surface area (Å²) in [5.74, 6) is 0. The zero-order valence-corrected chi connectivity index (χ0v) is 29.9. The number of nitrogens with zero attached hydrogens (tertiary/aromatic N) is 1. The molecule has 3 nitrogen and oxygen atoms in total. The van der Waals surface area contributed by atoms with Crippen LogP contribution in [0.5, 0.6) is 0 Å². The maximum atomic E-state index is 3.93. The van der Waals surface area contributed by atoms with Gasteiger partial charge in [0, 0.05) is 12.2 Å². The van der Waals surface area contributed by atoms with Gasteiger partial charge in [-0.25, -0.2) is 0 Å². The minimum absolute atomic E-state index is 0.119. The standard InChI is InChI=1S/C51H39N3/c1-3-15-35(16-4-1)34-52-49(50-32-14-13-25-48(50)53-50)37-28-26-36(27-29-37)38-30-31-41-40-19-7-8-20-42(40)51(45(41)33-38)43-21-9-11-23-46(43)54(39-17-5-2-6-18-39)47-24-12-10-22-44(47)51/h1-33,48-49,52-53H,34H2. The molecule has 2 aliphatic carbocycles. The molecule has 0 amide bonds. The molecule has 258 valence electrons. The third-order valence-corrected chi connectivity index (χ3v) is 12.2. The van der Waals surface area contributed by atoms with Crippen molar-refractivity contribution >= 4 is 17.1 Å². The molecule has 1 spiro atoms. The number of nitrogens with one attached hydrogen (secondary N) is 2. The van der Waals surface area contributed by atoms with Gasteiger partial charge in [-0.15, -0.1) is 0 Å². The molecular weight excluding hydrogens is 655 g/mol. The highest BCUT2D eigenvalue weighted by molar-refractivity contribution is 5.96. The van der Waals surface area contributed by atoms with Crippen LogP contribution in [-0.2, 0) is 12.0 Å². The number of rotatable bonds is 7. The Morgan fingerprint density at radius 3 is 1.89 bits per heavy atom. The lowest BCUT2D eigenvalue weighted by atomic mass is 9.64. The van der Waals surface area contributed by atoms with Gasteiger partial charge in [0.25, 0.3) is 0 Å². The van der Waals surface area contributed by atoms with E-state index in [1.165, 1.54) is 67.0 Å². The zero-order chi connectivity index (χ0) is 35.7. The fourth-order valence-electron chi connectivity index (χ4n) is 9.72. The molecule has 0 radical (unpaired) electrons. The molecule has 3 atom stereocenters. The first-order chi connectivity index (χ1) is 26.8. The average Bonchev–Trinajstić information content (AvgIpc) is 3.92. The van der Waals surface area contributed by atoms with Gasteiger partial charge >= 0.3 is 0 Å². The lowest BCUT2D eigenvalue weighted by molar-refractivity contribution is 0.458. The Morgan fingerprint density at radius 1 is 0.556 bits per heavy atom. The summed E-state index contributed by atoms with van der Waals surface area (Å²) in [5.41, 5.74) is 15.9. The smallest absolute Gasteiger partial charge is 0.0762 e. The maximum Gasteiger partial charge on any atom is 0.0762 e. The van der Waals surface area contributed by atoms with E-state index in [1.54, 1.807) is 0 Å². The molecule has 11 rings (SSSR count). The molecule has 0 aromatic heterocycles. The van der Waals surface area contributed by atoms with E-state index in [0.717, 1.165) is 12.2 Å². The molecule has 7 aromatic carbocycles. The lowest BCUT2D eigenvalue weighted by Crippen LogP contribution is -2.36. The Labute approximate surface area is 317 Å². The summed E-state index contributed by atoms with van der Waals surface area (Å²) in [7, 11) is 0. The highest BCUT2D eigenvalue weighted by Gasteiger charge is 2.57. The van der Waals surface area contributed by atoms with Crippen molar-refractivity contribution in [2.24, 2.45) is 0 Å². The Bertz CT molecular complexity index is 2560. The molecule has 1 fully saturated rings. The molecule has 2 aliphatic heterocycles. The van der Waals surface area contributed by atoms with Crippen molar-refractivity contribution < 1.29 is 0 Å². The van der Waals surface area contributed by atoms with E-state index in [0.29, 0.717) is 6.04 Å².